The van der Waals surface area contributed by atoms with E-state index in [9.17, 15) is 4.79 Å². The zero-order valence-corrected chi connectivity index (χ0v) is 12.4. The van der Waals surface area contributed by atoms with E-state index in [2.05, 4.69) is 5.32 Å². The van der Waals surface area contributed by atoms with E-state index in [4.69, 9.17) is 9.47 Å². The molecule has 110 valence electrons. The molecule has 1 aliphatic rings. The van der Waals surface area contributed by atoms with Gasteiger partial charge in [-0.1, -0.05) is 6.92 Å². The van der Waals surface area contributed by atoms with Crippen molar-refractivity contribution in [3.63, 3.8) is 0 Å². The minimum atomic E-state index is 0.0143. The van der Waals surface area contributed by atoms with Crippen LogP contribution in [0.25, 0.3) is 0 Å². The summed E-state index contributed by atoms with van der Waals surface area (Å²) in [4.78, 5) is 12.3. The zero-order chi connectivity index (χ0) is 14.5. The van der Waals surface area contributed by atoms with Crippen LogP contribution in [0.2, 0.25) is 0 Å². The van der Waals surface area contributed by atoms with Gasteiger partial charge in [-0.15, -0.1) is 0 Å². The number of ether oxygens (including phenoxy) is 2. The monoisotopic (exact) mass is 277 g/mol. The Morgan fingerprint density at radius 1 is 1.40 bits per heavy atom. The lowest BCUT2D eigenvalue weighted by molar-refractivity contribution is -0.122. The number of methoxy groups -OCH3 is 1. The van der Waals surface area contributed by atoms with E-state index in [1.54, 1.807) is 7.11 Å². The second-order valence-electron chi connectivity index (χ2n) is 5.41. The molecule has 20 heavy (non-hydrogen) atoms. The molecule has 1 fully saturated rings. The van der Waals surface area contributed by atoms with Crippen LogP contribution in [0.4, 0.5) is 5.69 Å². The summed E-state index contributed by atoms with van der Waals surface area (Å²) in [5, 5.41) is 3.02. The molecule has 0 radical (unpaired) electrons. The van der Waals surface area contributed by atoms with Crippen molar-refractivity contribution in [3.8, 4) is 5.75 Å². The molecule has 1 aliphatic heterocycles. The molecule has 1 saturated heterocycles. The van der Waals surface area contributed by atoms with Crippen LogP contribution < -0.4 is 10.1 Å². The Bertz CT molecular complexity index is 467. The molecule has 0 bridgehead atoms. The van der Waals surface area contributed by atoms with Crippen molar-refractivity contribution in [2.75, 3.05) is 25.6 Å². The summed E-state index contributed by atoms with van der Waals surface area (Å²) in [7, 11) is 1.64. The smallest absolute Gasteiger partial charge is 0.227 e. The topological polar surface area (TPSA) is 47.6 Å². The van der Waals surface area contributed by atoms with Gasteiger partial charge in [0.05, 0.1) is 7.11 Å². The lowest BCUT2D eigenvalue weighted by atomic mass is 9.86. The van der Waals surface area contributed by atoms with Crippen LogP contribution in [0.1, 0.15) is 25.3 Å². The van der Waals surface area contributed by atoms with E-state index in [0.29, 0.717) is 5.92 Å². The third-order valence-corrected chi connectivity index (χ3v) is 4.08. The third kappa shape index (κ3) is 3.51. The van der Waals surface area contributed by atoms with Crippen molar-refractivity contribution >= 4 is 11.6 Å². The second-order valence-corrected chi connectivity index (χ2v) is 5.41. The van der Waals surface area contributed by atoms with Crippen molar-refractivity contribution in [2.45, 2.75) is 26.7 Å². The Labute approximate surface area is 120 Å². The van der Waals surface area contributed by atoms with Gasteiger partial charge in [0.25, 0.3) is 0 Å². The normalized spacial score (nSPS) is 17.6. The molecular formula is C16H23NO3. The number of nitrogens with one attached hydrogen (secondary N) is 1. The fourth-order valence-electron chi connectivity index (χ4n) is 2.58. The second kappa shape index (κ2) is 6.75. The Hall–Kier alpha value is -1.55. The first-order chi connectivity index (χ1) is 9.61. The van der Waals surface area contributed by atoms with Gasteiger partial charge >= 0.3 is 0 Å². The molecule has 0 spiro atoms. The van der Waals surface area contributed by atoms with Gasteiger partial charge in [0.2, 0.25) is 5.91 Å². The Morgan fingerprint density at radius 3 is 2.70 bits per heavy atom. The molecule has 0 aromatic heterocycles. The van der Waals surface area contributed by atoms with Crippen LogP contribution in [0.5, 0.6) is 5.75 Å². The van der Waals surface area contributed by atoms with Gasteiger partial charge in [0.1, 0.15) is 5.75 Å². The van der Waals surface area contributed by atoms with Crippen molar-refractivity contribution in [1.29, 1.82) is 0 Å². The minimum absolute atomic E-state index is 0.0143. The predicted octanol–water partition coefficient (Wildman–Crippen LogP) is 3.00. The molecule has 1 heterocycles. The number of carbonyl (C=O) groups excluding carboxylic acids is 1. The van der Waals surface area contributed by atoms with Gasteiger partial charge in [-0.3, -0.25) is 4.79 Å². The van der Waals surface area contributed by atoms with Crippen molar-refractivity contribution < 1.29 is 14.3 Å². The van der Waals surface area contributed by atoms with Crippen LogP contribution in [0.3, 0.4) is 0 Å². The molecule has 0 aliphatic carbocycles. The number of rotatable bonds is 4. The van der Waals surface area contributed by atoms with E-state index in [0.717, 1.165) is 43.1 Å². The predicted molar refractivity (Wildman–Crippen MR) is 79.1 cm³/mol. The van der Waals surface area contributed by atoms with Gasteiger partial charge < -0.3 is 14.8 Å². The number of anilines is 1. The third-order valence-electron chi connectivity index (χ3n) is 4.08. The maximum absolute atomic E-state index is 12.3. The molecular weight excluding hydrogens is 254 g/mol. The van der Waals surface area contributed by atoms with Crippen LogP contribution >= 0.6 is 0 Å². The summed E-state index contributed by atoms with van der Waals surface area (Å²) in [6.07, 6.45) is 1.94. The molecule has 1 amide bonds. The lowest BCUT2D eigenvalue weighted by Crippen LogP contribution is -2.31. The highest BCUT2D eigenvalue weighted by molar-refractivity contribution is 5.93. The van der Waals surface area contributed by atoms with Crippen LogP contribution in [-0.2, 0) is 9.53 Å². The molecule has 4 heteroatoms. The van der Waals surface area contributed by atoms with Gasteiger partial charge in [-0.2, -0.15) is 0 Å². The van der Waals surface area contributed by atoms with Crippen molar-refractivity contribution in [3.05, 3.63) is 23.8 Å². The largest absolute Gasteiger partial charge is 0.497 e. The lowest BCUT2D eigenvalue weighted by Gasteiger charge is -2.27. The van der Waals surface area contributed by atoms with Crippen molar-refractivity contribution in [1.82, 2.24) is 0 Å². The first kappa shape index (κ1) is 14.9. The molecule has 1 aromatic rings. The number of hydrogen-bond donors (Lipinski definition) is 1. The van der Waals surface area contributed by atoms with Crippen LogP contribution in [0.15, 0.2) is 18.2 Å². The summed E-state index contributed by atoms with van der Waals surface area (Å²) in [5.41, 5.74) is 1.87. The Morgan fingerprint density at radius 2 is 2.10 bits per heavy atom. The Kier molecular flexibility index (Phi) is 5.01. The van der Waals surface area contributed by atoms with Gasteiger partial charge in [0, 0.05) is 24.8 Å². The molecule has 1 aromatic carbocycles. The number of carbonyl (C=O) groups is 1. The fourth-order valence-corrected chi connectivity index (χ4v) is 2.58. The van der Waals surface area contributed by atoms with Crippen LogP contribution in [-0.4, -0.2) is 26.2 Å². The average Bonchev–Trinajstić information content (AvgIpc) is 2.49. The van der Waals surface area contributed by atoms with Gasteiger partial charge in [-0.05, 0) is 49.4 Å². The molecule has 1 atom stereocenters. The number of hydrogen-bond acceptors (Lipinski definition) is 3. The highest BCUT2D eigenvalue weighted by Crippen LogP contribution is 2.26. The maximum atomic E-state index is 12.3. The summed E-state index contributed by atoms with van der Waals surface area (Å²) >= 11 is 0. The first-order valence-electron chi connectivity index (χ1n) is 7.15. The van der Waals surface area contributed by atoms with E-state index in [-0.39, 0.29) is 11.8 Å². The number of amides is 1. The quantitative estimate of drug-likeness (QED) is 0.920. The summed E-state index contributed by atoms with van der Waals surface area (Å²) in [6, 6.07) is 5.68. The molecule has 1 unspecified atom stereocenters. The average molecular weight is 277 g/mol. The van der Waals surface area contributed by atoms with Gasteiger partial charge in [0.15, 0.2) is 0 Å². The van der Waals surface area contributed by atoms with Gasteiger partial charge in [-0.25, -0.2) is 0 Å². The summed E-state index contributed by atoms with van der Waals surface area (Å²) < 4.78 is 10.5. The van der Waals surface area contributed by atoms with E-state index in [1.165, 1.54) is 0 Å². The Balaban J connectivity index is 1.99. The molecule has 2 rings (SSSR count). The highest BCUT2D eigenvalue weighted by atomic mass is 16.5. The standard InChI is InChI=1S/C16H23NO3/c1-11-10-14(19-3)4-5-15(11)17-16(18)12(2)13-6-8-20-9-7-13/h4-5,10,12-13H,6-9H2,1-3H3,(H,17,18). The summed E-state index contributed by atoms with van der Waals surface area (Å²) in [6.45, 7) is 5.51. The molecule has 1 N–H and O–H groups in total. The SMILES string of the molecule is COc1ccc(NC(=O)C(C)C2CCOCC2)c(C)c1. The number of aryl methyl sites for hydroxylation is 1. The van der Waals surface area contributed by atoms with E-state index in [1.807, 2.05) is 32.0 Å². The zero-order valence-electron chi connectivity index (χ0n) is 12.4. The first-order valence-corrected chi connectivity index (χ1v) is 7.15. The molecule has 4 nitrogen and oxygen atoms in total. The van der Waals surface area contributed by atoms with E-state index >= 15 is 0 Å². The van der Waals surface area contributed by atoms with E-state index < -0.39 is 0 Å². The highest BCUT2D eigenvalue weighted by Gasteiger charge is 2.26. The number of benzene rings is 1. The molecule has 0 saturated carbocycles. The minimum Gasteiger partial charge on any atom is -0.497 e. The van der Waals surface area contributed by atoms with Crippen LogP contribution in [0, 0.1) is 18.8 Å². The van der Waals surface area contributed by atoms with Crippen molar-refractivity contribution in [2.24, 2.45) is 11.8 Å². The fraction of sp³-hybridized carbons (Fsp3) is 0.562. The maximum Gasteiger partial charge on any atom is 0.227 e. The summed E-state index contributed by atoms with van der Waals surface area (Å²) in [5.74, 6) is 1.32.